The van der Waals surface area contributed by atoms with Crippen molar-refractivity contribution >= 4 is 6.09 Å². The van der Waals surface area contributed by atoms with Crippen LogP contribution in [0.15, 0.2) is 18.5 Å². The van der Waals surface area contributed by atoms with Crippen LogP contribution >= 0.6 is 0 Å². The van der Waals surface area contributed by atoms with Gasteiger partial charge >= 0.3 is 6.09 Å². The molecule has 22 heavy (non-hydrogen) atoms. The zero-order valence-electron chi connectivity index (χ0n) is 14.0. The summed E-state index contributed by atoms with van der Waals surface area (Å²) in [4.78, 5) is 16.1. The molecule has 1 aliphatic rings. The van der Waals surface area contributed by atoms with Crippen molar-refractivity contribution in [2.24, 2.45) is 0 Å². The molecule has 0 spiro atoms. The van der Waals surface area contributed by atoms with E-state index in [9.17, 15) is 4.79 Å². The van der Waals surface area contributed by atoms with Gasteiger partial charge in [0.2, 0.25) is 0 Å². The second kappa shape index (κ2) is 6.65. The van der Waals surface area contributed by atoms with E-state index in [-0.39, 0.29) is 11.6 Å². The van der Waals surface area contributed by atoms with Crippen LogP contribution in [0.5, 0.6) is 0 Å². The first kappa shape index (κ1) is 16.7. The van der Waals surface area contributed by atoms with E-state index >= 15 is 0 Å². The summed E-state index contributed by atoms with van der Waals surface area (Å²) in [7, 11) is 0. The lowest BCUT2D eigenvalue weighted by molar-refractivity contribution is 0.0382. The average molecular weight is 305 g/mol. The Labute approximate surface area is 132 Å². The van der Waals surface area contributed by atoms with Crippen LogP contribution in [0.3, 0.4) is 0 Å². The topological polar surface area (TPSA) is 63.2 Å². The molecule has 1 amide bonds. The van der Waals surface area contributed by atoms with E-state index in [2.05, 4.69) is 22.5 Å². The molecule has 2 N–H and O–H groups in total. The lowest BCUT2D eigenvalue weighted by Gasteiger charge is -2.42. The zero-order valence-corrected chi connectivity index (χ0v) is 14.0. The summed E-state index contributed by atoms with van der Waals surface area (Å²) in [5.74, 6) is 0. The molecule has 2 rings (SSSR count). The Morgan fingerprint density at radius 3 is 2.68 bits per heavy atom. The van der Waals surface area contributed by atoms with Crippen molar-refractivity contribution in [3.05, 3.63) is 29.6 Å². The molecule has 0 atom stereocenters. The van der Waals surface area contributed by atoms with E-state index in [0.717, 1.165) is 32.4 Å². The molecule has 1 aliphatic carbocycles. The molecule has 0 aromatic carbocycles. The Kier molecular flexibility index (Phi) is 5.06. The maximum Gasteiger partial charge on any atom is 0.408 e. The van der Waals surface area contributed by atoms with Gasteiger partial charge < -0.3 is 15.4 Å². The number of alkyl carbamates (subject to hydrolysis) is 1. The van der Waals surface area contributed by atoms with Gasteiger partial charge in [-0.25, -0.2) is 4.79 Å². The fraction of sp³-hybridized carbons (Fsp3) is 0.647. The van der Waals surface area contributed by atoms with Gasteiger partial charge in [-0.05, 0) is 64.2 Å². The quantitative estimate of drug-likeness (QED) is 0.878. The third-order valence-electron chi connectivity index (χ3n) is 4.00. The first-order valence-corrected chi connectivity index (χ1v) is 7.91. The zero-order chi connectivity index (χ0) is 16.2. The first-order valence-electron chi connectivity index (χ1n) is 7.91. The second-order valence-electron chi connectivity index (χ2n) is 7.17. The van der Waals surface area contributed by atoms with Crippen LogP contribution in [0.2, 0.25) is 0 Å². The summed E-state index contributed by atoms with van der Waals surface area (Å²) < 4.78 is 5.37. The molecule has 0 radical (unpaired) electrons. The van der Waals surface area contributed by atoms with Crippen molar-refractivity contribution in [2.75, 3.05) is 6.54 Å². The van der Waals surface area contributed by atoms with Crippen molar-refractivity contribution < 1.29 is 9.53 Å². The molecule has 1 heterocycles. The molecular weight excluding hydrogens is 278 g/mol. The number of hydrogen-bond donors (Lipinski definition) is 2. The van der Waals surface area contributed by atoms with E-state index in [1.54, 1.807) is 6.20 Å². The third-order valence-corrected chi connectivity index (χ3v) is 4.00. The number of ether oxygens (including phenoxy) is 1. The molecule has 1 aromatic rings. The summed E-state index contributed by atoms with van der Waals surface area (Å²) in [6.45, 7) is 9.23. The standard InChI is InChI=1S/C17H27N3O2/c1-13-6-9-18-10-14(13)11-19-12-17(7-5-8-17)20-15(21)22-16(2,3)4/h6,9-10,19H,5,7-8,11-12H2,1-4H3,(H,20,21). The Bertz CT molecular complexity index is 519. The molecule has 1 aromatic heterocycles. The van der Waals surface area contributed by atoms with Gasteiger partial charge in [-0.3, -0.25) is 4.98 Å². The Balaban J connectivity index is 1.84. The molecule has 0 unspecified atom stereocenters. The highest BCUT2D eigenvalue weighted by Gasteiger charge is 2.39. The van der Waals surface area contributed by atoms with Crippen LogP contribution in [-0.2, 0) is 11.3 Å². The number of carbonyl (C=O) groups excluding carboxylic acids is 1. The van der Waals surface area contributed by atoms with Crippen molar-refractivity contribution in [1.82, 2.24) is 15.6 Å². The van der Waals surface area contributed by atoms with Gasteiger partial charge in [0, 0.05) is 25.5 Å². The van der Waals surface area contributed by atoms with Crippen molar-refractivity contribution in [1.29, 1.82) is 0 Å². The van der Waals surface area contributed by atoms with E-state index in [0.29, 0.717) is 0 Å². The average Bonchev–Trinajstić information content (AvgIpc) is 2.35. The van der Waals surface area contributed by atoms with Gasteiger partial charge in [-0.1, -0.05) is 0 Å². The van der Waals surface area contributed by atoms with Crippen molar-refractivity contribution in [2.45, 2.75) is 64.6 Å². The summed E-state index contributed by atoms with van der Waals surface area (Å²) in [5.41, 5.74) is 1.78. The molecule has 0 bridgehead atoms. The van der Waals surface area contributed by atoms with Crippen LogP contribution in [-0.4, -0.2) is 28.8 Å². The molecule has 5 heteroatoms. The summed E-state index contributed by atoms with van der Waals surface area (Å²) in [5, 5.41) is 6.49. The molecule has 0 aliphatic heterocycles. The normalized spacial score (nSPS) is 16.7. The highest BCUT2D eigenvalue weighted by molar-refractivity contribution is 5.69. The molecule has 5 nitrogen and oxygen atoms in total. The maximum atomic E-state index is 12.0. The predicted octanol–water partition coefficient (Wildman–Crippen LogP) is 2.93. The van der Waals surface area contributed by atoms with E-state index < -0.39 is 5.60 Å². The van der Waals surface area contributed by atoms with E-state index in [1.165, 1.54) is 11.1 Å². The summed E-state index contributed by atoms with van der Waals surface area (Å²) in [6.07, 6.45) is 6.49. The fourth-order valence-corrected chi connectivity index (χ4v) is 2.59. The largest absolute Gasteiger partial charge is 0.444 e. The Morgan fingerprint density at radius 1 is 1.41 bits per heavy atom. The minimum atomic E-state index is -0.463. The number of nitrogens with zero attached hydrogens (tertiary/aromatic N) is 1. The lowest BCUT2D eigenvalue weighted by atomic mass is 9.76. The van der Waals surface area contributed by atoms with E-state index in [1.807, 2.05) is 33.0 Å². The number of amides is 1. The SMILES string of the molecule is Cc1ccncc1CNCC1(NC(=O)OC(C)(C)C)CCC1. The first-order chi connectivity index (χ1) is 10.3. The van der Waals surface area contributed by atoms with E-state index in [4.69, 9.17) is 4.74 Å². The molecule has 1 fully saturated rings. The molecule has 1 saturated carbocycles. The van der Waals surface area contributed by atoms with Crippen LogP contribution < -0.4 is 10.6 Å². The smallest absolute Gasteiger partial charge is 0.408 e. The highest BCUT2D eigenvalue weighted by atomic mass is 16.6. The lowest BCUT2D eigenvalue weighted by Crippen LogP contribution is -2.59. The minimum Gasteiger partial charge on any atom is -0.444 e. The predicted molar refractivity (Wildman–Crippen MR) is 86.6 cm³/mol. The maximum absolute atomic E-state index is 12.0. The second-order valence-corrected chi connectivity index (χ2v) is 7.17. The Hall–Kier alpha value is -1.62. The van der Waals surface area contributed by atoms with Gasteiger partial charge in [0.1, 0.15) is 5.60 Å². The van der Waals surface area contributed by atoms with Crippen LogP contribution in [0.25, 0.3) is 0 Å². The van der Waals surface area contributed by atoms with Crippen molar-refractivity contribution in [3.8, 4) is 0 Å². The third kappa shape index (κ3) is 4.70. The van der Waals surface area contributed by atoms with Crippen molar-refractivity contribution in [3.63, 3.8) is 0 Å². The highest BCUT2D eigenvalue weighted by Crippen LogP contribution is 2.31. The number of aromatic nitrogens is 1. The van der Waals surface area contributed by atoms with Gasteiger partial charge in [-0.2, -0.15) is 0 Å². The molecular formula is C17H27N3O2. The number of pyridine rings is 1. The molecule has 122 valence electrons. The number of rotatable bonds is 5. The number of aryl methyl sites for hydroxylation is 1. The van der Waals surface area contributed by atoms with Gasteiger partial charge in [0.05, 0.1) is 5.54 Å². The Morgan fingerprint density at radius 2 is 2.14 bits per heavy atom. The number of carbonyl (C=O) groups is 1. The molecule has 0 saturated heterocycles. The minimum absolute atomic E-state index is 0.168. The summed E-state index contributed by atoms with van der Waals surface area (Å²) >= 11 is 0. The summed E-state index contributed by atoms with van der Waals surface area (Å²) in [6, 6.07) is 2.01. The van der Waals surface area contributed by atoms with Gasteiger partial charge in [-0.15, -0.1) is 0 Å². The van der Waals surface area contributed by atoms with Gasteiger partial charge in [0.15, 0.2) is 0 Å². The fourth-order valence-electron chi connectivity index (χ4n) is 2.59. The van der Waals surface area contributed by atoms with Crippen LogP contribution in [0.1, 0.15) is 51.2 Å². The number of nitrogens with one attached hydrogen (secondary N) is 2. The number of hydrogen-bond acceptors (Lipinski definition) is 4. The monoisotopic (exact) mass is 305 g/mol. The van der Waals surface area contributed by atoms with Crippen LogP contribution in [0, 0.1) is 6.92 Å². The van der Waals surface area contributed by atoms with Crippen LogP contribution in [0.4, 0.5) is 4.79 Å². The van der Waals surface area contributed by atoms with Gasteiger partial charge in [0.25, 0.3) is 0 Å².